The van der Waals surface area contributed by atoms with Crippen molar-refractivity contribution >= 4 is 23.2 Å². The average molecular weight is 496 g/mol. The van der Waals surface area contributed by atoms with E-state index in [1.54, 1.807) is 6.92 Å². The molecule has 0 aliphatic carbocycles. The SMILES string of the molecule is C[C@H](O)CNC(=O)c1cn2c(n1)[C@H](C)N=C(c1ncccc1F)c1c-2ccc(C(F)(F)F)c1Cl. The maximum absolute atomic E-state index is 14.7. The Bertz CT molecular complexity index is 1300. The zero-order valence-corrected chi connectivity index (χ0v) is 18.6. The summed E-state index contributed by atoms with van der Waals surface area (Å²) in [4.78, 5) is 25.2. The maximum Gasteiger partial charge on any atom is 0.417 e. The lowest BCUT2D eigenvalue weighted by atomic mass is 10.00. The van der Waals surface area contributed by atoms with Gasteiger partial charge in [0, 0.05) is 24.5 Å². The monoisotopic (exact) mass is 495 g/mol. The molecule has 2 atom stereocenters. The minimum Gasteiger partial charge on any atom is -0.392 e. The van der Waals surface area contributed by atoms with Gasteiger partial charge < -0.3 is 15.0 Å². The van der Waals surface area contributed by atoms with Crippen LogP contribution in [0.5, 0.6) is 0 Å². The summed E-state index contributed by atoms with van der Waals surface area (Å²) in [7, 11) is 0. The number of nitrogens with zero attached hydrogens (tertiary/aromatic N) is 4. The molecule has 34 heavy (non-hydrogen) atoms. The Hall–Kier alpha value is -3.31. The van der Waals surface area contributed by atoms with Gasteiger partial charge >= 0.3 is 6.18 Å². The second kappa shape index (κ2) is 8.80. The number of halogens is 5. The lowest BCUT2D eigenvalue weighted by molar-refractivity contribution is -0.137. The van der Waals surface area contributed by atoms with E-state index in [2.05, 4.69) is 20.3 Å². The molecule has 4 rings (SSSR count). The standard InChI is InChI=1S/C22H18ClF4N5O2/c1-10(33)8-29-21(34)14-9-32-15-6-5-12(22(25,26)27)17(23)16(15)19(30-11(2)20(32)31-14)18-13(24)4-3-7-28-18/h3-7,9-11,33H,8H2,1-2H3,(H,29,34)/t10-,11-/m0/s1. The van der Waals surface area contributed by atoms with Crippen molar-refractivity contribution < 1.29 is 27.5 Å². The van der Waals surface area contributed by atoms with Crippen LogP contribution in [-0.2, 0) is 6.18 Å². The predicted octanol–water partition coefficient (Wildman–Crippen LogP) is 4.10. The van der Waals surface area contributed by atoms with E-state index in [0.29, 0.717) is 0 Å². The van der Waals surface area contributed by atoms with Crippen LogP contribution in [0.3, 0.4) is 0 Å². The Balaban J connectivity index is 1.96. The normalized spacial score (nSPS) is 16.2. The minimum atomic E-state index is -4.78. The van der Waals surface area contributed by atoms with E-state index in [1.807, 2.05) is 0 Å². The summed E-state index contributed by atoms with van der Waals surface area (Å²) in [5, 5.41) is 11.2. The van der Waals surface area contributed by atoms with Crippen LogP contribution in [0.4, 0.5) is 17.6 Å². The van der Waals surface area contributed by atoms with Crippen molar-refractivity contribution in [3.63, 3.8) is 0 Å². The van der Waals surface area contributed by atoms with E-state index in [9.17, 15) is 27.5 Å². The number of rotatable bonds is 4. The summed E-state index contributed by atoms with van der Waals surface area (Å²) in [6.45, 7) is 3.07. The number of aliphatic imine (C=N–C) groups is 1. The number of benzene rings is 1. The number of aliphatic hydroxyl groups is 1. The van der Waals surface area contributed by atoms with Crippen LogP contribution in [0, 0.1) is 5.82 Å². The zero-order chi connectivity index (χ0) is 24.8. The first-order valence-electron chi connectivity index (χ1n) is 10.1. The van der Waals surface area contributed by atoms with Crippen molar-refractivity contribution in [3.05, 3.63) is 75.8 Å². The fourth-order valence-electron chi connectivity index (χ4n) is 3.59. The number of nitrogens with one attached hydrogen (secondary N) is 1. The van der Waals surface area contributed by atoms with Crippen molar-refractivity contribution in [2.75, 3.05) is 6.54 Å². The van der Waals surface area contributed by atoms with Crippen molar-refractivity contribution in [2.24, 2.45) is 4.99 Å². The molecule has 1 amide bonds. The molecule has 7 nitrogen and oxygen atoms in total. The van der Waals surface area contributed by atoms with Gasteiger partial charge in [-0.05, 0) is 38.1 Å². The van der Waals surface area contributed by atoms with Crippen molar-refractivity contribution in [3.8, 4) is 5.69 Å². The molecule has 0 unspecified atom stereocenters. The highest BCUT2D eigenvalue weighted by molar-refractivity contribution is 6.37. The molecular formula is C22H18ClF4N5O2. The van der Waals surface area contributed by atoms with Crippen molar-refractivity contribution in [2.45, 2.75) is 32.2 Å². The van der Waals surface area contributed by atoms with E-state index < -0.39 is 40.6 Å². The highest BCUT2D eigenvalue weighted by Crippen LogP contribution is 2.41. The zero-order valence-electron chi connectivity index (χ0n) is 17.9. The van der Waals surface area contributed by atoms with Gasteiger partial charge in [-0.1, -0.05) is 11.6 Å². The smallest absolute Gasteiger partial charge is 0.392 e. The van der Waals surface area contributed by atoms with Gasteiger partial charge in [-0.25, -0.2) is 9.37 Å². The molecule has 3 heterocycles. The predicted molar refractivity (Wildman–Crippen MR) is 116 cm³/mol. The Kier molecular flexibility index (Phi) is 6.17. The molecule has 1 aliphatic rings. The number of alkyl halides is 3. The Morgan fingerprint density at radius 1 is 1.32 bits per heavy atom. The van der Waals surface area contributed by atoms with Crippen LogP contribution < -0.4 is 5.32 Å². The lowest BCUT2D eigenvalue weighted by Crippen LogP contribution is -2.30. The topological polar surface area (TPSA) is 92.4 Å². The van der Waals surface area contributed by atoms with Crippen molar-refractivity contribution in [1.29, 1.82) is 0 Å². The molecule has 0 saturated heterocycles. The number of imidazole rings is 1. The number of hydrogen-bond acceptors (Lipinski definition) is 5. The molecule has 0 saturated carbocycles. The Labute approximate surface area is 196 Å². The van der Waals surface area contributed by atoms with Crippen LogP contribution in [0.1, 0.15) is 53.0 Å². The summed E-state index contributed by atoms with van der Waals surface area (Å²) in [5.41, 5.74) is -1.65. The molecule has 2 N–H and O–H groups in total. The van der Waals surface area contributed by atoms with E-state index in [4.69, 9.17) is 11.6 Å². The second-order valence-corrected chi connectivity index (χ2v) is 8.10. The summed E-state index contributed by atoms with van der Waals surface area (Å²) in [5.74, 6) is -1.15. The third-order valence-corrected chi connectivity index (χ3v) is 5.52. The summed E-state index contributed by atoms with van der Waals surface area (Å²) in [6.07, 6.45) is -2.94. The van der Waals surface area contributed by atoms with E-state index in [1.165, 1.54) is 36.0 Å². The molecule has 0 spiro atoms. The third kappa shape index (κ3) is 4.28. The van der Waals surface area contributed by atoms with Gasteiger partial charge in [-0.3, -0.25) is 14.8 Å². The van der Waals surface area contributed by atoms with Gasteiger partial charge in [0.05, 0.1) is 28.1 Å². The molecule has 178 valence electrons. The molecule has 3 aromatic rings. The average Bonchev–Trinajstić information content (AvgIpc) is 3.16. The van der Waals surface area contributed by atoms with Crippen LogP contribution in [-0.4, -0.2) is 43.9 Å². The number of carbonyl (C=O) groups is 1. The van der Waals surface area contributed by atoms with Crippen LogP contribution >= 0.6 is 11.6 Å². The summed E-state index contributed by atoms with van der Waals surface area (Å²) < 4.78 is 57.0. The first-order valence-corrected chi connectivity index (χ1v) is 10.5. The fraction of sp³-hybridized carbons (Fsp3) is 0.273. The number of carbonyl (C=O) groups excluding carboxylic acids is 1. The Morgan fingerprint density at radius 3 is 2.71 bits per heavy atom. The maximum atomic E-state index is 14.7. The first-order chi connectivity index (χ1) is 16.0. The molecule has 0 bridgehead atoms. The highest BCUT2D eigenvalue weighted by atomic mass is 35.5. The van der Waals surface area contributed by atoms with Gasteiger partial charge in [0.1, 0.15) is 23.3 Å². The molecule has 1 aromatic carbocycles. The minimum absolute atomic E-state index is 0.0187. The van der Waals surface area contributed by atoms with Gasteiger partial charge in [0.2, 0.25) is 0 Å². The number of fused-ring (bicyclic) bond motifs is 3. The largest absolute Gasteiger partial charge is 0.417 e. The van der Waals surface area contributed by atoms with Crippen LogP contribution in [0.2, 0.25) is 5.02 Å². The van der Waals surface area contributed by atoms with Crippen LogP contribution in [0.25, 0.3) is 5.69 Å². The van der Waals surface area contributed by atoms with E-state index in [-0.39, 0.29) is 40.7 Å². The second-order valence-electron chi connectivity index (χ2n) is 7.72. The number of pyridine rings is 1. The van der Waals surface area contributed by atoms with E-state index >= 15 is 0 Å². The molecule has 0 radical (unpaired) electrons. The first kappa shape index (κ1) is 23.8. The van der Waals surface area contributed by atoms with Gasteiger partial charge in [0.25, 0.3) is 5.91 Å². The van der Waals surface area contributed by atoms with Gasteiger partial charge in [-0.15, -0.1) is 0 Å². The Morgan fingerprint density at radius 2 is 2.06 bits per heavy atom. The number of amides is 1. The molecule has 1 aliphatic heterocycles. The van der Waals surface area contributed by atoms with Gasteiger partial charge in [0.15, 0.2) is 5.82 Å². The molecule has 2 aromatic heterocycles. The summed E-state index contributed by atoms with van der Waals surface area (Å²) in [6, 6.07) is 3.64. The number of aliphatic hydroxyl groups excluding tert-OH is 1. The van der Waals surface area contributed by atoms with Gasteiger partial charge in [-0.2, -0.15) is 13.2 Å². The lowest BCUT2D eigenvalue weighted by Gasteiger charge is -2.17. The van der Waals surface area contributed by atoms with Crippen LogP contribution in [0.15, 0.2) is 41.7 Å². The number of hydrogen-bond donors (Lipinski definition) is 2. The highest BCUT2D eigenvalue weighted by Gasteiger charge is 2.38. The van der Waals surface area contributed by atoms with E-state index in [0.717, 1.165) is 12.1 Å². The number of aromatic nitrogens is 3. The third-order valence-electron chi connectivity index (χ3n) is 5.12. The fourth-order valence-corrected chi connectivity index (χ4v) is 3.95. The molecule has 0 fully saturated rings. The molecular weight excluding hydrogens is 478 g/mol. The van der Waals surface area contributed by atoms with Crippen molar-refractivity contribution in [1.82, 2.24) is 19.9 Å². The summed E-state index contributed by atoms with van der Waals surface area (Å²) >= 11 is 6.26. The molecule has 12 heteroatoms. The quantitative estimate of drug-likeness (QED) is 0.533.